The summed E-state index contributed by atoms with van der Waals surface area (Å²) in [7, 11) is 2.01. The number of nitrogens with zero attached hydrogens (tertiary/aromatic N) is 2. The van der Waals surface area contributed by atoms with Crippen molar-refractivity contribution >= 4 is 34.8 Å². The van der Waals surface area contributed by atoms with Gasteiger partial charge in [0, 0.05) is 13.6 Å². The predicted molar refractivity (Wildman–Crippen MR) is 78.5 cm³/mol. The Hall–Kier alpha value is -0.670. The summed E-state index contributed by atoms with van der Waals surface area (Å²) in [6, 6.07) is 1.66. The molecule has 0 radical (unpaired) electrons. The van der Waals surface area contributed by atoms with Crippen LogP contribution >= 0.6 is 23.2 Å². The average Bonchev–Trinajstić information content (AvgIpc) is 2.35. The molecule has 0 unspecified atom stereocenters. The molecule has 3 nitrogen and oxygen atoms in total. The van der Waals surface area contributed by atoms with E-state index in [-0.39, 0.29) is 0 Å². The SMILES string of the molecule is CN(CC1CCCCC1)c1nc(N)c(Cl)cc1Cl. The number of hydrogen-bond donors (Lipinski definition) is 1. The monoisotopic (exact) mass is 287 g/mol. The number of aromatic nitrogens is 1. The van der Waals surface area contributed by atoms with Gasteiger partial charge in [0.15, 0.2) is 0 Å². The molecule has 1 aliphatic carbocycles. The van der Waals surface area contributed by atoms with Crippen molar-refractivity contribution in [3.05, 3.63) is 16.1 Å². The second-order valence-electron chi connectivity index (χ2n) is 5.05. The van der Waals surface area contributed by atoms with E-state index < -0.39 is 0 Å². The Balaban J connectivity index is 2.08. The van der Waals surface area contributed by atoms with Crippen molar-refractivity contribution in [2.45, 2.75) is 32.1 Å². The van der Waals surface area contributed by atoms with E-state index in [0.717, 1.165) is 18.3 Å². The van der Waals surface area contributed by atoms with Crippen molar-refractivity contribution in [3.63, 3.8) is 0 Å². The van der Waals surface area contributed by atoms with Gasteiger partial charge in [0.25, 0.3) is 0 Å². The van der Waals surface area contributed by atoms with Crippen LogP contribution in [0, 0.1) is 5.92 Å². The van der Waals surface area contributed by atoms with Crippen LogP contribution in [0.5, 0.6) is 0 Å². The Labute approximate surface area is 118 Å². The number of pyridine rings is 1. The lowest BCUT2D eigenvalue weighted by molar-refractivity contribution is 0.361. The summed E-state index contributed by atoms with van der Waals surface area (Å²) < 4.78 is 0. The summed E-state index contributed by atoms with van der Waals surface area (Å²) in [5.74, 6) is 1.80. The largest absolute Gasteiger partial charge is 0.382 e. The van der Waals surface area contributed by atoms with E-state index in [1.807, 2.05) is 7.05 Å². The minimum absolute atomic E-state index is 0.339. The number of nitrogen functional groups attached to an aromatic ring is 1. The van der Waals surface area contributed by atoms with Crippen molar-refractivity contribution in [2.75, 3.05) is 24.2 Å². The molecule has 0 aromatic carbocycles. The van der Waals surface area contributed by atoms with Crippen LogP contribution in [-0.4, -0.2) is 18.6 Å². The molecule has 2 N–H and O–H groups in total. The van der Waals surface area contributed by atoms with Gasteiger partial charge in [0.2, 0.25) is 0 Å². The lowest BCUT2D eigenvalue weighted by atomic mass is 9.89. The topological polar surface area (TPSA) is 42.2 Å². The lowest BCUT2D eigenvalue weighted by Gasteiger charge is -2.28. The Morgan fingerprint density at radius 1 is 1.28 bits per heavy atom. The zero-order valence-electron chi connectivity index (χ0n) is 10.6. The molecule has 0 spiro atoms. The quantitative estimate of drug-likeness (QED) is 0.914. The van der Waals surface area contributed by atoms with E-state index in [0.29, 0.717) is 15.9 Å². The first kappa shape index (κ1) is 13.8. The highest BCUT2D eigenvalue weighted by molar-refractivity contribution is 6.37. The van der Waals surface area contributed by atoms with Crippen molar-refractivity contribution in [3.8, 4) is 0 Å². The maximum atomic E-state index is 6.17. The van der Waals surface area contributed by atoms with Gasteiger partial charge in [-0.1, -0.05) is 42.5 Å². The molecule has 2 rings (SSSR count). The van der Waals surface area contributed by atoms with Gasteiger partial charge >= 0.3 is 0 Å². The van der Waals surface area contributed by atoms with Crippen molar-refractivity contribution in [1.29, 1.82) is 0 Å². The molecule has 18 heavy (non-hydrogen) atoms. The van der Waals surface area contributed by atoms with Gasteiger partial charge < -0.3 is 10.6 Å². The van der Waals surface area contributed by atoms with Crippen LogP contribution in [0.3, 0.4) is 0 Å². The molecular weight excluding hydrogens is 269 g/mol. The van der Waals surface area contributed by atoms with Gasteiger partial charge in [-0.2, -0.15) is 0 Å². The lowest BCUT2D eigenvalue weighted by Crippen LogP contribution is -2.27. The average molecular weight is 288 g/mol. The number of anilines is 2. The van der Waals surface area contributed by atoms with E-state index >= 15 is 0 Å². The van der Waals surface area contributed by atoms with Crippen LogP contribution < -0.4 is 10.6 Å². The fraction of sp³-hybridized carbons (Fsp3) is 0.615. The Kier molecular flexibility index (Phi) is 4.57. The first-order valence-electron chi connectivity index (χ1n) is 6.40. The molecule has 0 aliphatic heterocycles. The molecule has 1 aliphatic rings. The van der Waals surface area contributed by atoms with Crippen molar-refractivity contribution < 1.29 is 0 Å². The van der Waals surface area contributed by atoms with E-state index in [2.05, 4.69) is 9.88 Å². The summed E-state index contributed by atoms with van der Waals surface area (Å²) in [5, 5.41) is 0.974. The van der Waals surface area contributed by atoms with E-state index in [1.165, 1.54) is 32.1 Å². The smallest absolute Gasteiger partial charge is 0.149 e. The maximum absolute atomic E-state index is 6.17. The number of halogens is 2. The molecule has 1 fully saturated rings. The molecule has 0 saturated heterocycles. The molecule has 1 aromatic heterocycles. The second kappa shape index (κ2) is 5.98. The highest BCUT2D eigenvalue weighted by atomic mass is 35.5. The molecule has 1 aromatic rings. The molecule has 0 amide bonds. The number of nitrogens with two attached hydrogens (primary N) is 1. The number of rotatable bonds is 3. The van der Waals surface area contributed by atoms with Gasteiger partial charge in [-0.05, 0) is 24.8 Å². The van der Waals surface area contributed by atoms with Gasteiger partial charge in [-0.25, -0.2) is 4.98 Å². The molecule has 5 heteroatoms. The molecular formula is C13H19Cl2N3. The highest BCUT2D eigenvalue weighted by Gasteiger charge is 2.18. The van der Waals surface area contributed by atoms with Gasteiger partial charge in [-0.3, -0.25) is 0 Å². The van der Waals surface area contributed by atoms with Crippen LogP contribution in [-0.2, 0) is 0 Å². The molecule has 1 heterocycles. The summed E-state index contributed by atoms with van der Waals surface area (Å²) in [4.78, 5) is 6.37. The van der Waals surface area contributed by atoms with E-state index in [9.17, 15) is 0 Å². The summed E-state index contributed by atoms with van der Waals surface area (Å²) in [5.41, 5.74) is 5.73. The molecule has 0 atom stereocenters. The fourth-order valence-electron chi connectivity index (χ4n) is 2.58. The third kappa shape index (κ3) is 3.21. The van der Waals surface area contributed by atoms with Crippen molar-refractivity contribution in [2.24, 2.45) is 5.92 Å². The third-order valence-corrected chi connectivity index (χ3v) is 4.14. The van der Waals surface area contributed by atoms with E-state index in [1.54, 1.807) is 6.07 Å². The third-order valence-electron chi connectivity index (χ3n) is 3.56. The van der Waals surface area contributed by atoms with Crippen LogP contribution in [0.2, 0.25) is 10.0 Å². The van der Waals surface area contributed by atoms with Crippen LogP contribution in [0.1, 0.15) is 32.1 Å². The number of hydrogen-bond acceptors (Lipinski definition) is 3. The summed E-state index contributed by atoms with van der Waals surface area (Å²) in [6.45, 7) is 0.980. The van der Waals surface area contributed by atoms with Gasteiger partial charge in [-0.15, -0.1) is 0 Å². The van der Waals surface area contributed by atoms with Gasteiger partial charge in [0.05, 0.1) is 10.0 Å². The standard InChI is InChI=1S/C13H19Cl2N3/c1-18(8-9-5-3-2-4-6-9)13-11(15)7-10(14)12(16)17-13/h7,9H,2-6,8H2,1H3,(H2,16,17). The molecule has 1 saturated carbocycles. The minimum atomic E-state index is 0.339. The van der Waals surface area contributed by atoms with Crippen LogP contribution in [0.15, 0.2) is 6.07 Å². The highest BCUT2D eigenvalue weighted by Crippen LogP contribution is 2.31. The van der Waals surface area contributed by atoms with Crippen molar-refractivity contribution in [1.82, 2.24) is 4.98 Å². The molecule has 0 bridgehead atoms. The first-order chi connectivity index (χ1) is 8.58. The zero-order chi connectivity index (χ0) is 13.1. The van der Waals surface area contributed by atoms with Crippen LogP contribution in [0.4, 0.5) is 11.6 Å². The van der Waals surface area contributed by atoms with Gasteiger partial charge in [0.1, 0.15) is 11.6 Å². The second-order valence-corrected chi connectivity index (χ2v) is 5.86. The normalized spacial score (nSPS) is 16.8. The Morgan fingerprint density at radius 2 is 1.94 bits per heavy atom. The summed E-state index contributed by atoms with van der Waals surface area (Å²) >= 11 is 12.1. The zero-order valence-corrected chi connectivity index (χ0v) is 12.1. The van der Waals surface area contributed by atoms with Crippen LogP contribution in [0.25, 0.3) is 0 Å². The summed E-state index contributed by atoms with van der Waals surface area (Å²) in [6.07, 6.45) is 6.63. The maximum Gasteiger partial charge on any atom is 0.149 e. The van der Waals surface area contributed by atoms with E-state index in [4.69, 9.17) is 28.9 Å². The first-order valence-corrected chi connectivity index (χ1v) is 7.16. The molecule has 100 valence electrons. The minimum Gasteiger partial charge on any atom is -0.382 e. The predicted octanol–water partition coefficient (Wildman–Crippen LogP) is 3.99. The Morgan fingerprint density at radius 3 is 2.61 bits per heavy atom. The fourth-order valence-corrected chi connectivity index (χ4v) is 3.08. The Bertz CT molecular complexity index is 417.